The molecule has 0 N–H and O–H groups in total. The van der Waals surface area contributed by atoms with Crippen LogP contribution < -0.4 is 4.74 Å². The standard InChI is InChI=1S/C18H20O/c1-5-18(3,16-8-6-7-14(2)13-16)15-9-11-17(19-4)12-10-15/h5-13H,1H2,2-4H3/t18-/m1/s1. The monoisotopic (exact) mass is 252 g/mol. The molecule has 2 aromatic carbocycles. The average Bonchev–Trinajstić information content (AvgIpc) is 2.46. The molecule has 0 unspecified atom stereocenters. The van der Waals surface area contributed by atoms with E-state index in [1.54, 1.807) is 7.11 Å². The van der Waals surface area contributed by atoms with E-state index in [1.165, 1.54) is 16.7 Å². The van der Waals surface area contributed by atoms with E-state index in [-0.39, 0.29) is 5.41 Å². The highest BCUT2D eigenvalue weighted by molar-refractivity contribution is 5.45. The van der Waals surface area contributed by atoms with Crippen molar-refractivity contribution in [2.24, 2.45) is 0 Å². The SMILES string of the molecule is C=C[C@](C)(c1ccc(OC)cc1)c1cccc(C)c1. The van der Waals surface area contributed by atoms with Crippen molar-refractivity contribution in [1.82, 2.24) is 0 Å². The van der Waals surface area contributed by atoms with E-state index in [2.05, 4.69) is 56.8 Å². The summed E-state index contributed by atoms with van der Waals surface area (Å²) in [6, 6.07) is 16.8. The molecule has 0 spiro atoms. The molecular weight excluding hydrogens is 232 g/mol. The number of rotatable bonds is 4. The second-order valence-electron chi connectivity index (χ2n) is 5.00. The van der Waals surface area contributed by atoms with Crippen LogP contribution in [-0.4, -0.2) is 7.11 Å². The molecule has 1 atom stereocenters. The van der Waals surface area contributed by atoms with Gasteiger partial charge in [0.2, 0.25) is 0 Å². The third kappa shape index (κ3) is 2.55. The van der Waals surface area contributed by atoms with E-state index in [4.69, 9.17) is 4.74 Å². The van der Waals surface area contributed by atoms with Gasteiger partial charge in [-0.25, -0.2) is 0 Å². The lowest BCUT2D eigenvalue weighted by atomic mass is 9.76. The van der Waals surface area contributed by atoms with Crippen molar-refractivity contribution in [1.29, 1.82) is 0 Å². The number of hydrogen-bond acceptors (Lipinski definition) is 1. The van der Waals surface area contributed by atoms with E-state index in [9.17, 15) is 0 Å². The fourth-order valence-electron chi connectivity index (χ4n) is 2.31. The molecule has 98 valence electrons. The largest absolute Gasteiger partial charge is 0.497 e. The molecule has 1 heteroatoms. The zero-order chi connectivity index (χ0) is 13.9. The van der Waals surface area contributed by atoms with Crippen LogP contribution in [-0.2, 0) is 5.41 Å². The van der Waals surface area contributed by atoms with Crippen molar-refractivity contribution >= 4 is 0 Å². The van der Waals surface area contributed by atoms with Crippen LogP contribution in [0.3, 0.4) is 0 Å². The molecule has 0 aliphatic carbocycles. The number of ether oxygens (including phenoxy) is 1. The lowest BCUT2D eigenvalue weighted by molar-refractivity contribution is 0.414. The molecule has 1 nitrogen and oxygen atoms in total. The van der Waals surface area contributed by atoms with Gasteiger partial charge in [0.25, 0.3) is 0 Å². The van der Waals surface area contributed by atoms with Crippen molar-refractivity contribution < 1.29 is 4.74 Å². The van der Waals surface area contributed by atoms with Crippen LogP contribution in [0.25, 0.3) is 0 Å². The first kappa shape index (κ1) is 13.4. The molecule has 0 radical (unpaired) electrons. The Hall–Kier alpha value is -2.02. The van der Waals surface area contributed by atoms with Crippen LogP contribution in [0.5, 0.6) is 5.75 Å². The topological polar surface area (TPSA) is 9.23 Å². The van der Waals surface area contributed by atoms with E-state index in [0.717, 1.165) is 5.75 Å². The number of allylic oxidation sites excluding steroid dienone is 1. The van der Waals surface area contributed by atoms with E-state index in [0.29, 0.717) is 0 Å². The van der Waals surface area contributed by atoms with Crippen molar-refractivity contribution in [3.8, 4) is 5.75 Å². The molecule has 0 fully saturated rings. The van der Waals surface area contributed by atoms with Crippen LogP contribution in [0.1, 0.15) is 23.6 Å². The van der Waals surface area contributed by atoms with Gasteiger partial charge in [0.15, 0.2) is 0 Å². The molecule has 0 aliphatic heterocycles. The van der Waals surface area contributed by atoms with Crippen LogP contribution >= 0.6 is 0 Å². The average molecular weight is 252 g/mol. The molecular formula is C18H20O. The highest BCUT2D eigenvalue weighted by atomic mass is 16.5. The second-order valence-corrected chi connectivity index (χ2v) is 5.00. The summed E-state index contributed by atoms with van der Waals surface area (Å²) in [6.45, 7) is 8.33. The molecule has 0 heterocycles. The van der Waals surface area contributed by atoms with Gasteiger partial charge in [0.1, 0.15) is 5.75 Å². The smallest absolute Gasteiger partial charge is 0.118 e. The fourth-order valence-corrected chi connectivity index (χ4v) is 2.31. The predicted molar refractivity (Wildman–Crippen MR) is 80.8 cm³/mol. The third-order valence-electron chi connectivity index (χ3n) is 3.72. The number of aryl methyl sites for hydroxylation is 1. The first-order valence-corrected chi connectivity index (χ1v) is 6.45. The first-order valence-electron chi connectivity index (χ1n) is 6.45. The number of benzene rings is 2. The lowest BCUT2D eigenvalue weighted by Crippen LogP contribution is -2.20. The Balaban J connectivity index is 2.49. The number of hydrogen-bond donors (Lipinski definition) is 0. The summed E-state index contributed by atoms with van der Waals surface area (Å²) in [4.78, 5) is 0. The van der Waals surface area contributed by atoms with Gasteiger partial charge in [-0.3, -0.25) is 0 Å². The van der Waals surface area contributed by atoms with Gasteiger partial charge in [0.05, 0.1) is 7.11 Å². The molecule has 0 bridgehead atoms. The molecule has 0 saturated carbocycles. The quantitative estimate of drug-likeness (QED) is 0.728. The van der Waals surface area contributed by atoms with Crippen molar-refractivity contribution in [3.63, 3.8) is 0 Å². The molecule has 0 amide bonds. The number of methoxy groups -OCH3 is 1. The Morgan fingerprint density at radius 1 is 1.05 bits per heavy atom. The van der Waals surface area contributed by atoms with E-state index < -0.39 is 0 Å². The summed E-state index contributed by atoms with van der Waals surface area (Å²) in [5, 5.41) is 0. The van der Waals surface area contributed by atoms with Crippen molar-refractivity contribution in [2.45, 2.75) is 19.3 Å². The Morgan fingerprint density at radius 2 is 1.74 bits per heavy atom. The Bertz CT molecular complexity index is 568. The van der Waals surface area contributed by atoms with Crippen molar-refractivity contribution in [2.75, 3.05) is 7.11 Å². The highest BCUT2D eigenvalue weighted by Gasteiger charge is 2.25. The fraction of sp³-hybridized carbons (Fsp3) is 0.222. The molecule has 2 rings (SSSR count). The maximum Gasteiger partial charge on any atom is 0.118 e. The molecule has 0 aliphatic rings. The van der Waals surface area contributed by atoms with Gasteiger partial charge in [-0.15, -0.1) is 6.58 Å². The molecule has 0 aromatic heterocycles. The summed E-state index contributed by atoms with van der Waals surface area (Å²) in [7, 11) is 1.68. The molecule has 2 aromatic rings. The van der Waals surface area contributed by atoms with Gasteiger partial charge < -0.3 is 4.74 Å². The minimum Gasteiger partial charge on any atom is -0.497 e. The van der Waals surface area contributed by atoms with E-state index >= 15 is 0 Å². The third-order valence-corrected chi connectivity index (χ3v) is 3.72. The summed E-state index contributed by atoms with van der Waals surface area (Å²) < 4.78 is 5.21. The minimum atomic E-state index is -0.182. The predicted octanol–water partition coefficient (Wildman–Crippen LogP) is 4.50. The minimum absolute atomic E-state index is 0.182. The molecule has 19 heavy (non-hydrogen) atoms. The van der Waals surface area contributed by atoms with Crippen LogP contribution in [0.2, 0.25) is 0 Å². The van der Waals surface area contributed by atoms with Crippen LogP contribution in [0.4, 0.5) is 0 Å². The van der Waals surface area contributed by atoms with Crippen molar-refractivity contribution in [3.05, 3.63) is 77.9 Å². The van der Waals surface area contributed by atoms with Gasteiger partial charge in [0, 0.05) is 5.41 Å². The zero-order valence-electron chi connectivity index (χ0n) is 11.8. The normalized spacial score (nSPS) is 13.6. The van der Waals surface area contributed by atoms with Gasteiger partial charge in [-0.1, -0.05) is 48.0 Å². The summed E-state index contributed by atoms with van der Waals surface area (Å²) in [6.07, 6.45) is 2.00. The van der Waals surface area contributed by atoms with Gasteiger partial charge >= 0.3 is 0 Å². The molecule has 0 saturated heterocycles. The van der Waals surface area contributed by atoms with Crippen LogP contribution in [0.15, 0.2) is 61.2 Å². The highest BCUT2D eigenvalue weighted by Crippen LogP contribution is 2.34. The van der Waals surface area contributed by atoms with E-state index in [1.807, 2.05) is 18.2 Å². The summed E-state index contributed by atoms with van der Waals surface area (Å²) in [5.41, 5.74) is 3.55. The Labute approximate surface area is 115 Å². The lowest BCUT2D eigenvalue weighted by Gasteiger charge is -2.27. The summed E-state index contributed by atoms with van der Waals surface area (Å²) in [5.74, 6) is 0.874. The maximum atomic E-state index is 5.21. The Morgan fingerprint density at radius 3 is 2.26 bits per heavy atom. The van der Waals surface area contributed by atoms with Crippen LogP contribution in [0, 0.1) is 6.92 Å². The van der Waals surface area contributed by atoms with Gasteiger partial charge in [-0.2, -0.15) is 0 Å². The Kier molecular flexibility index (Phi) is 3.75. The second kappa shape index (κ2) is 5.31. The summed E-state index contributed by atoms with van der Waals surface area (Å²) >= 11 is 0. The maximum absolute atomic E-state index is 5.21. The zero-order valence-corrected chi connectivity index (χ0v) is 11.8. The first-order chi connectivity index (χ1) is 9.10. The van der Waals surface area contributed by atoms with Gasteiger partial charge in [-0.05, 0) is 37.1 Å².